The van der Waals surface area contributed by atoms with Crippen LogP contribution in [0.5, 0.6) is 0 Å². The molecule has 51 heavy (non-hydrogen) atoms. The summed E-state index contributed by atoms with van der Waals surface area (Å²) in [7, 11) is -6.10. The number of hydrogen-bond acceptors (Lipinski definition) is 9. The second-order valence-corrected chi connectivity index (χ2v) is 13.3. The van der Waals surface area contributed by atoms with Gasteiger partial charge in [0.1, 0.15) is 21.2 Å². The third-order valence-corrected chi connectivity index (χ3v) is 10.9. The van der Waals surface area contributed by atoms with Crippen molar-refractivity contribution in [3.05, 3.63) is 59.9 Å². The number of ether oxygens (including phenoxy) is 2. The number of fused-ring (bicyclic) bond motifs is 2. The van der Waals surface area contributed by atoms with E-state index >= 15 is 0 Å². The first kappa shape index (κ1) is 47.2. The highest BCUT2D eigenvalue weighted by atomic mass is 32.2. The van der Waals surface area contributed by atoms with Gasteiger partial charge in [0, 0.05) is 48.0 Å². The molecule has 2 saturated heterocycles. The van der Waals surface area contributed by atoms with E-state index in [1.807, 2.05) is 41.5 Å². The van der Waals surface area contributed by atoms with Crippen LogP contribution in [-0.2, 0) is 29.5 Å². The van der Waals surface area contributed by atoms with Gasteiger partial charge in [-0.25, -0.2) is 16.8 Å². The van der Waals surface area contributed by atoms with Crippen LogP contribution in [0.3, 0.4) is 0 Å². The lowest BCUT2D eigenvalue weighted by molar-refractivity contribution is 0.0730. The number of para-hydroxylation sites is 2. The fourth-order valence-electron chi connectivity index (χ4n) is 4.95. The van der Waals surface area contributed by atoms with Crippen LogP contribution in [0.1, 0.15) is 69.9 Å². The SMILES string of the molecule is C.CC.CC.CC.CN.NC(=O)c1[nH]c2ccccc2c1S(=O)(=O)N1CCOCC1.NC(=O)c1[nH]c2ccccc2c1S(=O)(=O)N1CCOCC1. The van der Waals surface area contributed by atoms with Crippen LogP contribution in [-0.4, -0.2) is 107 Å². The van der Waals surface area contributed by atoms with Crippen molar-refractivity contribution in [3.63, 3.8) is 0 Å². The zero-order valence-corrected chi connectivity index (χ0v) is 31.6. The molecule has 2 aliphatic rings. The average Bonchev–Trinajstić information content (AvgIpc) is 3.77. The Balaban J connectivity index is 0.000000807. The number of morpholine rings is 2. The van der Waals surface area contributed by atoms with Crippen molar-refractivity contribution < 1.29 is 35.9 Å². The Morgan fingerprint density at radius 3 is 1.14 bits per heavy atom. The molecule has 2 fully saturated rings. The van der Waals surface area contributed by atoms with Crippen LogP contribution in [0.2, 0.25) is 0 Å². The lowest BCUT2D eigenvalue weighted by Gasteiger charge is -2.26. The maximum atomic E-state index is 12.8. The molecule has 6 rings (SSSR count). The van der Waals surface area contributed by atoms with Crippen LogP contribution in [0, 0.1) is 0 Å². The van der Waals surface area contributed by atoms with Crippen molar-refractivity contribution >= 4 is 53.7 Å². The standard InChI is InChI=1S/2C13H15N3O4S.3C2H6.CH5N.CH4/c2*14-13(17)11-12(9-3-1-2-4-10(9)15-11)21(18,19)16-5-7-20-8-6-16;4*1-2;/h2*1-4,15H,5-8H2,(H2,14,17);3*1-2H3;2H2,1H3;1H4. The zero-order chi connectivity index (χ0) is 38.1. The molecule has 0 spiro atoms. The Bertz CT molecular complexity index is 1730. The number of nitrogens with one attached hydrogen (secondary N) is 2. The van der Waals surface area contributed by atoms with E-state index in [4.69, 9.17) is 20.9 Å². The van der Waals surface area contributed by atoms with Gasteiger partial charge >= 0.3 is 0 Å². The predicted molar refractivity (Wildman–Crippen MR) is 204 cm³/mol. The Hall–Kier alpha value is -3.84. The summed E-state index contributed by atoms with van der Waals surface area (Å²) in [6.45, 7) is 14.4. The summed E-state index contributed by atoms with van der Waals surface area (Å²) in [5.41, 5.74) is 16.1. The number of nitrogens with zero attached hydrogens (tertiary/aromatic N) is 2. The number of nitrogens with two attached hydrogens (primary N) is 3. The maximum Gasteiger partial charge on any atom is 0.266 e. The topological polar surface area (TPSA) is 237 Å². The summed E-state index contributed by atoms with van der Waals surface area (Å²) in [5, 5.41) is 0.940. The van der Waals surface area contributed by atoms with Gasteiger partial charge in [-0.3, -0.25) is 9.59 Å². The number of amides is 2. The molecule has 15 nitrogen and oxygen atoms in total. The Morgan fingerprint density at radius 2 is 0.863 bits per heavy atom. The van der Waals surface area contributed by atoms with Crippen molar-refractivity contribution in [2.24, 2.45) is 17.2 Å². The number of aromatic nitrogens is 2. The van der Waals surface area contributed by atoms with Gasteiger partial charge in [-0.05, 0) is 19.2 Å². The molecule has 0 unspecified atom stereocenters. The summed E-state index contributed by atoms with van der Waals surface area (Å²) in [4.78, 5) is 28.7. The van der Waals surface area contributed by atoms with E-state index in [9.17, 15) is 26.4 Å². The molecule has 0 bridgehead atoms. The molecule has 2 aromatic heterocycles. The molecule has 288 valence electrons. The van der Waals surface area contributed by atoms with E-state index in [2.05, 4.69) is 15.7 Å². The molecule has 8 N–H and O–H groups in total. The van der Waals surface area contributed by atoms with E-state index in [1.165, 1.54) is 15.7 Å². The molecular weight excluding hydrogens is 699 g/mol. The van der Waals surface area contributed by atoms with Crippen LogP contribution >= 0.6 is 0 Å². The van der Waals surface area contributed by atoms with Crippen LogP contribution in [0.25, 0.3) is 21.8 Å². The molecule has 0 saturated carbocycles. The van der Waals surface area contributed by atoms with Gasteiger partial charge in [-0.2, -0.15) is 8.61 Å². The van der Waals surface area contributed by atoms with Gasteiger partial charge in [0.25, 0.3) is 11.8 Å². The minimum atomic E-state index is -3.80. The predicted octanol–water partition coefficient (Wildman–Crippen LogP) is 3.87. The number of primary amides is 2. The van der Waals surface area contributed by atoms with Crippen molar-refractivity contribution in [1.82, 2.24) is 18.6 Å². The number of carbonyl (C=O) groups is 2. The van der Waals surface area contributed by atoms with Gasteiger partial charge in [0.05, 0.1) is 26.4 Å². The minimum absolute atomic E-state index is 0. The summed E-state index contributed by atoms with van der Waals surface area (Å²) >= 11 is 0. The van der Waals surface area contributed by atoms with Crippen LogP contribution in [0.15, 0.2) is 58.3 Å². The first-order valence-electron chi connectivity index (χ1n) is 16.6. The number of aromatic amines is 2. The largest absolute Gasteiger partial charge is 0.379 e. The Labute approximate surface area is 302 Å². The van der Waals surface area contributed by atoms with Gasteiger partial charge in [-0.1, -0.05) is 85.4 Å². The summed E-state index contributed by atoms with van der Waals surface area (Å²) < 4.78 is 64.3. The van der Waals surface area contributed by atoms with Gasteiger partial charge in [0.2, 0.25) is 20.0 Å². The fourth-order valence-corrected chi connectivity index (χ4v) is 8.45. The molecule has 17 heteroatoms. The normalized spacial score (nSPS) is 14.6. The number of H-pyrrole nitrogens is 2. The van der Waals surface area contributed by atoms with E-state index in [0.717, 1.165) is 0 Å². The second kappa shape index (κ2) is 22.9. The highest BCUT2D eigenvalue weighted by Gasteiger charge is 2.34. The second-order valence-electron chi connectivity index (χ2n) is 9.51. The van der Waals surface area contributed by atoms with Gasteiger partial charge < -0.3 is 36.6 Å². The number of carbonyl (C=O) groups excluding carboxylic acids is 2. The summed E-state index contributed by atoms with van der Waals surface area (Å²) in [5.74, 6) is -1.59. The Kier molecular flexibility index (Phi) is 21.1. The highest BCUT2D eigenvalue weighted by Crippen LogP contribution is 2.31. The molecule has 2 aromatic carbocycles. The smallest absolute Gasteiger partial charge is 0.266 e. The van der Waals surface area contributed by atoms with Crippen LogP contribution in [0.4, 0.5) is 0 Å². The van der Waals surface area contributed by atoms with Gasteiger partial charge in [-0.15, -0.1) is 0 Å². The number of benzene rings is 2. The highest BCUT2D eigenvalue weighted by molar-refractivity contribution is 7.89. The number of rotatable bonds is 6. The van der Waals surface area contributed by atoms with Crippen molar-refractivity contribution in [2.45, 2.75) is 58.8 Å². The molecule has 0 radical (unpaired) electrons. The van der Waals surface area contributed by atoms with Gasteiger partial charge in [0.15, 0.2) is 0 Å². The maximum absolute atomic E-state index is 12.8. The van der Waals surface area contributed by atoms with Crippen molar-refractivity contribution in [2.75, 3.05) is 59.7 Å². The lowest BCUT2D eigenvalue weighted by Crippen LogP contribution is -2.41. The summed E-state index contributed by atoms with van der Waals surface area (Å²) in [6.07, 6.45) is 0. The molecular formula is C34H57N7O8S2. The minimum Gasteiger partial charge on any atom is -0.379 e. The third-order valence-electron chi connectivity index (χ3n) is 6.95. The van der Waals surface area contributed by atoms with Crippen LogP contribution < -0.4 is 17.2 Å². The van der Waals surface area contributed by atoms with E-state index < -0.39 is 31.9 Å². The molecule has 2 amide bonds. The van der Waals surface area contributed by atoms with Crippen molar-refractivity contribution in [3.8, 4) is 0 Å². The number of hydrogen-bond donors (Lipinski definition) is 5. The van der Waals surface area contributed by atoms with E-state index in [-0.39, 0.29) is 54.8 Å². The Morgan fingerprint density at radius 1 is 0.588 bits per heavy atom. The molecule has 2 aliphatic heterocycles. The molecule has 0 aliphatic carbocycles. The summed E-state index contributed by atoms with van der Waals surface area (Å²) in [6, 6.07) is 13.7. The zero-order valence-electron chi connectivity index (χ0n) is 30.0. The molecule has 4 heterocycles. The first-order chi connectivity index (χ1) is 24.0. The average molecular weight is 756 g/mol. The molecule has 4 aromatic rings. The van der Waals surface area contributed by atoms with E-state index in [1.54, 1.807) is 48.5 Å². The first-order valence-corrected chi connectivity index (χ1v) is 19.5. The van der Waals surface area contributed by atoms with E-state index in [0.29, 0.717) is 48.2 Å². The van der Waals surface area contributed by atoms with Crippen molar-refractivity contribution in [1.29, 1.82) is 0 Å². The fraction of sp³-hybridized carbons (Fsp3) is 0.471. The quantitative estimate of drug-likeness (QED) is 0.192. The number of sulfonamides is 2. The monoisotopic (exact) mass is 755 g/mol. The third kappa shape index (κ3) is 11.1. The molecule has 0 atom stereocenters. The lowest BCUT2D eigenvalue weighted by atomic mass is 10.2.